The van der Waals surface area contributed by atoms with Crippen molar-refractivity contribution in [3.05, 3.63) is 34.5 Å². The van der Waals surface area contributed by atoms with E-state index in [1.54, 1.807) is 0 Å². The molecular weight excluding hydrogens is 284 g/mol. The third-order valence-corrected chi connectivity index (χ3v) is 3.09. The molecule has 0 unspecified atom stereocenters. The Morgan fingerprint density at radius 3 is 2.88 bits per heavy atom. The van der Waals surface area contributed by atoms with E-state index in [4.69, 9.17) is 9.52 Å². The van der Waals surface area contributed by atoms with Gasteiger partial charge in [0.05, 0.1) is 0 Å². The van der Waals surface area contributed by atoms with Crippen LogP contribution >= 0.6 is 15.9 Å². The Labute approximate surface area is 108 Å². The molecule has 0 aliphatic rings. The number of rotatable bonds is 5. The first-order chi connectivity index (χ1) is 8.15. The summed E-state index contributed by atoms with van der Waals surface area (Å²) in [5.74, 6) is 0.182. The van der Waals surface area contributed by atoms with Crippen molar-refractivity contribution >= 4 is 32.9 Å². The number of hydrogen-bond donors (Lipinski definition) is 1. The van der Waals surface area contributed by atoms with Crippen LogP contribution in [0.4, 0.5) is 0 Å². The van der Waals surface area contributed by atoms with Crippen LogP contribution in [0.1, 0.15) is 25.0 Å². The quantitative estimate of drug-likeness (QED) is 0.849. The Bertz CT molecular complexity index is 530. The molecule has 0 spiro atoms. The molecule has 0 fully saturated rings. The van der Waals surface area contributed by atoms with E-state index in [1.165, 1.54) is 0 Å². The maximum absolute atomic E-state index is 10.4. The number of carbonyl (C=O) groups is 1. The van der Waals surface area contributed by atoms with Gasteiger partial charge in [0, 0.05) is 22.7 Å². The average Bonchev–Trinajstić information content (AvgIpc) is 2.66. The molecule has 4 heteroatoms. The van der Waals surface area contributed by atoms with Gasteiger partial charge in [-0.3, -0.25) is 4.79 Å². The summed E-state index contributed by atoms with van der Waals surface area (Å²) in [6, 6.07) is 7.90. The first-order valence-electron chi connectivity index (χ1n) is 5.55. The van der Waals surface area contributed by atoms with Crippen LogP contribution in [0.3, 0.4) is 0 Å². The Hall–Kier alpha value is -1.29. The molecule has 17 heavy (non-hydrogen) atoms. The van der Waals surface area contributed by atoms with Crippen LogP contribution in [0.5, 0.6) is 0 Å². The van der Waals surface area contributed by atoms with Crippen molar-refractivity contribution in [3.8, 4) is 0 Å². The molecule has 2 rings (SSSR count). The van der Waals surface area contributed by atoms with Crippen molar-refractivity contribution in [2.24, 2.45) is 0 Å². The predicted octanol–water partition coefficient (Wildman–Crippen LogP) is 3.99. The van der Waals surface area contributed by atoms with Crippen LogP contribution in [0.15, 0.2) is 33.2 Å². The van der Waals surface area contributed by atoms with Crippen LogP contribution in [0.2, 0.25) is 0 Å². The average molecular weight is 297 g/mol. The van der Waals surface area contributed by atoms with Gasteiger partial charge in [-0.15, -0.1) is 0 Å². The van der Waals surface area contributed by atoms with Gasteiger partial charge in [0.1, 0.15) is 11.3 Å². The molecule has 0 atom stereocenters. The molecule has 0 amide bonds. The Morgan fingerprint density at radius 1 is 1.29 bits per heavy atom. The van der Waals surface area contributed by atoms with Crippen molar-refractivity contribution < 1.29 is 14.3 Å². The fraction of sp³-hybridized carbons (Fsp3) is 0.308. The number of carboxylic acid groups (broad SMARTS) is 1. The van der Waals surface area contributed by atoms with E-state index < -0.39 is 5.97 Å². The molecule has 0 bridgehead atoms. The number of furan rings is 1. The van der Waals surface area contributed by atoms with E-state index in [0.29, 0.717) is 6.42 Å². The Morgan fingerprint density at radius 2 is 2.12 bits per heavy atom. The smallest absolute Gasteiger partial charge is 0.303 e. The number of fused-ring (bicyclic) bond motifs is 1. The molecule has 0 radical (unpaired) electrons. The third kappa shape index (κ3) is 3.33. The molecule has 0 saturated carbocycles. The van der Waals surface area contributed by atoms with Gasteiger partial charge in [-0.2, -0.15) is 0 Å². The number of hydrogen-bond acceptors (Lipinski definition) is 2. The molecular formula is C13H13BrO3. The summed E-state index contributed by atoms with van der Waals surface area (Å²) in [5, 5.41) is 9.60. The summed E-state index contributed by atoms with van der Waals surface area (Å²) in [4.78, 5) is 10.4. The van der Waals surface area contributed by atoms with Crippen molar-refractivity contribution in [1.82, 2.24) is 0 Å². The summed E-state index contributed by atoms with van der Waals surface area (Å²) in [5.41, 5.74) is 0.876. The number of unbranched alkanes of at least 4 members (excludes halogenated alkanes) is 1. The molecule has 1 aromatic heterocycles. The molecule has 1 aromatic carbocycles. The number of carboxylic acids is 1. The highest BCUT2D eigenvalue weighted by Gasteiger charge is 2.04. The van der Waals surface area contributed by atoms with E-state index in [0.717, 1.165) is 34.0 Å². The van der Waals surface area contributed by atoms with E-state index in [9.17, 15) is 4.79 Å². The monoisotopic (exact) mass is 296 g/mol. The fourth-order valence-corrected chi connectivity index (χ4v) is 2.15. The van der Waals surface area contributed by atoms with Gasteiger partial charge in [-0.05, 0) is 37.1 Å². The van der Waals surface area contributed by atoms with Crippen molar-refractivity contribution in [2.75, 3.05) is 0 Å². The Balaban J connectivity index is 1.97. The SMILES string of the molecule is O=C(O)CCCCc1cc2cc(Br)ccc2o1. The minimum atomic E-state index is -0.737. The lowest BCUT2D eigenvalue weighted by Crippen LogP contribution is -1.94. The third-order valence-electron chi connectivity index (χ3n) is 2.59. The largest absolute Gasteiger partial charge is 0.481 e. The second kappa shape index (κ2) is 5.36. The highest BCUT2D eigenvalue weighted by Crippen LogP contribution is 2.24. The summed E-state index contributed by atoms with van der Waals surface area (Å²) in [6.07, 6.45) is 2.55. The van der Waals surface area contributed by atoms with Gasteiger partial charge in [0.15, 0.2) is 0 Å². The second-order valence-corrected chi connectivity index (χ2v) is 4.91. The van der Waals surface area contributed by atoms with Gasteiger partial charge in [0.2, 0.25) is 0 Å². The normalized spacial score (nSPS) is 10.9. The molecule has 0 aliphatic carbocycles. The van der Waals surface area contributed by atoms with Gasteiger partial charge >= 0.3 is 5.97 Å². The van der Waals surface area contributed by atoms with E-state index >= 15 is 0 Å². The van der Waals surface area contributed by atoms with E-state index in [-0.39, 0.29) is 6.42 Å². The zero-order chi connectivity index (χ0) is 12.3. The second-order valence-electron chi connectivity index (χ2n) is 4.00. The number of aryl methyl sites for hydroxylation is 1. The zero-order valence-corrected chi connectivity index (χ0v) is 10.9. The van der Waals surface area contributed by atoms with E-state index in [1.807, 2.05) is 24.3 Å². The van der Waals surface area contributed by atoms with Gasteiger partial charge in [0.25, 0.3) is 0 Å². The van der Waals surface area contributed by atoms with Crippen molar-refractivity contribution in [1.29, 1.82) is 0 Å². The highest BCUT2D eigenvalue weighted by molar-refractivity contribution is 9.10. The predicted molar refractivity (Wildman–Crippen MR) is 69.1 cm³/mol. The first-order valence-corrected chi connectivity index (χ1v) is 6.34. The highest BCUT2D eigenvalue weighted by atomic mass is 79.9. The van der Waals surface area contributed by atoms with Gasteiger partial charge in [-0.25, -0.2) is 0 Å². The topological polar surface area (TPSA) is 50.4 Å². The molecule has 0 aliphatic heterocycles. The maximum Gasteiger partial charge on any atom is 0.303 e. The molecule has 3 nitrogen and oxygen atoms in total. The van der Waals surface area contributed by atoms with Crippen LogP contribution in [0.25, 0.3) is 11.0 Å². The fourth-order valence-electron chi connectivity index (χ4n) is 1.77. The molecule has 1 N–H and O–H groups in total. The molecule has 1 heterocycles. The summed E-state index contributed by atoms with van der Waals surface area (Å²) >= 11 is 3.41. The van der Waals surface area contributed by atoms with E-state index in [2.05, 4.69) is 15.9 Å². The lowest BCUT2D eigenvalue weighted by atomic mass is 10.1. The van der Waals surface area contributed by atoms with Crippen LogP contribution in [0, 0.1) is 0 Å². The standard InChI is InChI=1S/C13H13BrO3/c14-10-5-6-12-9(7-10)8-11(17-12)3-1-2-4-13(15)16/h5-8H,1-4H2,(H,15,16). The van der Waals surface area contributed by atoms with Crippen LogP contribution in [-0.2, 0) is 11.2 Å². The van der Waals surface area contributed by atoms with Crippen molar-refractivity contribution in [3.63, 3.8) is 0 Å². The minimum absolute atomic E-state index is 0.228. The summed E-state index contributed by atoms with van der Waals surface area (Å²) in [7, 11) is 0. The maximum atomic E-state index is 10.4. The summed E-state index contributed by atoms with van der Waals surface area (Å²) in [6.45, 7) is 0. The van der Waals surface area contributed by atoms with Crippen LogP contribution < -0.4 is 0 Å². The molecule has 0 saturated heterocycles. The van der Waals surface area contributed by atoms with Crippen LogP contribution in [-0.4, -0.2) is 11.1 Å². The first kappa shape index (κ1) is 12.2. The van der Waals surface area contributed by atoms with Crippen molar-refractivity contribution in [2.45, 2.75) is 25.7 Å². The molecule has 90 valence electrons. The minimum Gasteiger partial charge on any atom is -0.481 e. The number of halogens is 1. The number of benzene rings is 1. The Kier molecular flexibility index (Phi) is 3.84. The zero-order valence-electron chi connectivity index (χ0n) is 9.28. The van der Waals surface area contributed by atoms with Gasteiger partial charge < -0.3 is 9.52 Å². The number of aliphatic carboxylic acids is 1. The summed E-state index contributed by atoms with van der Waals surface area (Å²) < 4.78 is 6.69. The molecule has 2 aromatic rings. The van der Waals surface area contributed by atoms with Gasteiger partial charge in [-0.1, -0.05) is 15.9 Å². The lowest BCUT2D eigenvalue weighted by Gasteiger charge is -1.95. The lowest BCUT2D eigenvalue weighted by molar-refractivity contribution is -0.137.